The van der Waals surface area contributed by atoms with Gasteiger partial charge in [-0.2, -0.15) is 0 Å². The number of ether oxygens (including phenoxy) is 1. The van der Waals surface area contributed by atoms with Gasteiger partial charge in [-0.05, 0) is 48.9 Å². The van der Waals surface area contributed by atoms with E-state index in [0.29, 0.717) is 5.56 Å². The minimum Gasteiger partial charge on any atom is -0.497 e. The van der Waals surface area contributed by atoms with E-state index >= 15 is 0 Å². The number of nitrogens with zero attached hydrogens (tertiary/aromatic N) is 1. The molecule has 1 heterocycles. The molecule has 1 aliphatic rings. The SMILES string of the molecule is COc1ccc(SC2c3ccccc3C(=N)N2S(=O)(=O)c2ccc(C)cc2)cc1. The second-order valence-corrected chi connectivity index (χ2v) is 9.66. The van der Waals surface area contributed by atoms with E-state index < -0.39 is 15.4 Å². The average Bonchev–Trinajstić information content (AvgIpc) is 3.01. The van der Waals surface area contributed by atoms with E-state index in [9.17, 15) is 8.42 Å². The molecule has 0 saturated carbocycles. The van der Waals surface area contributed by atoms with Crippen LogP contribution in [0.4, 0.5) is 0 Å². The fourth-order valence-corrected chi connectivity index (χ4v) is 6.22. The number of fused-ring (bicyclic) bond motifs is 1. The molecule has 0 fully saturated rings. The van der Waals surface area contributed by atoms with Crippen LogP contribution >= 0.6 is 11.8 Å². The summed E-state index contributed by atoms with van der Waals surface area (Å²) in [6.45, 7) is 1.91. The van der Waals surface area contributed by atoms with Gasteiger partial charge in [-0.1, -0.05) is 53.7 Å². The third kappa shape index (κ3) is 3.52. The van der Waals surface area contributed by atoms with Gasteiger partial charge in [-0.25, -0.2) is 12.7 Å². The van der Waals surface area contributed by atoms with E-state index in [2.05, 4.69) is 0 Å². The van der Waals surface area contributed by atoms with Crippen molar-refractivity contribution in [2.45, 2.75) is 22.1 Å². The molecule has 3 aromatic rings. The molecule has 148 valence electrons. The predicted octanol–water partition coefficient (Wildman–Crippen LogP) is 4.82. The monoisotopic (exact) mass is 424 g/mol. The van der Waals surface area contributed by atoms with E-state index in [1.165, 1.54) is 16.1 Å². The fraction of sp³-hybridized carbons (Fsp3) is 0.136. The molecule has 1 atom stereocenters. The maximum atomic E-state index is 13.5. The smallest absolute Gasteiger partial charge is 0.266 e. The van der Waals surface area contributed by atoms with Crippen molar-refractivity contribution >= 4 is 27.6 Å². The molecule has 1 N–H and O–H groups in total. The quantitative estimate of drug-likeness (QED) is 0.637. The molecule has 0 spiro atoms. The van der Waals surface area contributed by atoms with E-state index in [0.717, 1.165) is 21.8 Å². The maximum absolute atomic E-state index is 13.5. The van der Waals surface area contributed by atoms with Crippen molar-refractivity contribution in [1.82, 2.24) is 4.31 Å². The molecule has 0 amide bonds. The number of thioether (sulfide) groups is 1. The highest BCUT2D eigenvalue weighted by atomic mass is 32.2. The van der Waals surface area contributed by atoms with Gasteiger partial charge >= 0.3 is 0 Å². The van der Waals surface area contributed by atoms with Gasteiger partial charge < -0.3 is 4.74 Å². The number of sulfonamides is 1. The van der Waals surface area contributed by atoms with Crippen molar-refractivity contribution in [2.24, 2.45) is 0 Å². The number of nitrogens with one attached hydrogen (secondary N) is 1. The maximum Gasteiger partial charge on any atom is 0.266 e. The second-order valence-electron chi connectivity index (χ2n) is 6.70. The van der Waals surface area contributed by atoms with Gasteiger partial charge in [0.05, 0.1) is 12.0 Å². The summed E-state index contributed by atoms with van der Waals surface area (Å²) >= 11 is 1.40. The van der Waals surface area contributed by atoms with Gasteiger partial charge in [0.15, 0.2) is 0 Å². The van der Waals surface area contributed by atoms with Gasteiger partial charge in [0.25, 0.3) is 10.0 Å². The lowest BCUT2D eigenvalue weighted by Gasteiger charge is -2.26. The predicted molar refractivity (Wildman–Crippen MR) is 115 cm³/mol. The Kier molecular flexibility index (Phi) is 5.10. The van der Waals surface area contributed by atoms with Crippen LogP contribution in [0.15, 0.2) is 82.6 Å². The van der Waals surface area contributed by atoms with Crippen LogP contribution in [0.1, 0.15) is 22.1 Å². The summed E-state index contributed by atoms with van der Waals surface area (Å²) in [4.78, 5) is 1.07. The molecule has 1 unspecified atom stereocenters. The van der Waals surface area contributed by atoms with E-state index in [-0.39, 0.29) is 10.7 Å². The van der Waals surface area contributed by atoms with Gasteiger partial charge in [0, 0.05) is 10.5 Å². The first-order valence-electron chi connectivity index (χ1n) is 9.01. The molecule has 0 aliphatic carbocycles. The average molecular weight is 425 g/mol. The highest BCUT2D eigenvalue weighted by Gasteiger charge is 2.42. The van der Waals surface area contributed by atoms with Crippen LogP contribution in [0, 0.1) is 12.3 Å². The molecule has 0 saturated heterocycles. The number of amidine groups is 1. The van der Waals surface area contributed by atoms with E-state index in [1.54, 1.807) is 37.4 Å². The van der Waals surface area contributed by atoms with E-state index in [4.69, 9.17) is 10.1 Å². The van der Waals surface area contributed by atoms with Crippen molar-refractivity contribution < 1.29 is 13.2 Å². The van der Waals surface area contributed by atoms with Gasteiger partial charge in [0.1, 0.15) is 17.0 Å². The van der Waals surface area contributed by atoms with Crippen molar-refractivity contribution in [3.63, 3.8) is 0 Å². The first-order valence-corrected chi connectivity index (χ1v) is 11.3. The van der Waals surface area contributed by atoms with E-state index in [1.807, 2.05) is 49.4 Å². The van der Waals surface area contributed by atoms with Crippen LogP contribution in [0.2, 0.25) is 0 Å². The standard InChI is InChI=1S/C22H20N2O3S2/c1-15-7-13-18(14-8-15)29(25,26)24-21(23)19-5-3-4-6-20(19)22(24)28-17-11-9-16(27-2)10-12-17/h3-14,22-23H,1-2H3. The van der Waals surface area contributed by atoms with Crippen LogP contribution in [0.5, 0.6) is 5.75 Å². The normalized spacial score (nSPS) is 16.0. The van der Waals surface area contributed by atoms with Crippen molar-refractivity contribution in [3.05, 3.63) is 89.5 Å². The largest absolute Gasteiger partial charge is 0.497 e. The third-order valence-electron chi connectivity index (χ3n) is 4.80. The number of rotatable bonds is 5. The molecule has 0 bridgehead atoms. The van der Waals surface area contributed by atoms with Gasteiger partial charge in [-0.15, -0.1) is 0 Å². The van der Waals surface area contributed by atoms with Crippen LogP contribution < -0.4 is 4.74 Å². The first-order chi connectivity index (χ1) is 13.9. The molecule has 0 radical (unpaired) electrons. The summed E-state index contributed by atoms with van der Waals surface area (Å²) < 4.78 is 33.4. The number of benzene rings is 3. The highest BCUT2D eigenvalue weighted by molar-refractivity contribution is 8.00. The molecule has 5 nitrogen and oxygen atoms in total. The Balaban J connectivity index is 1.78. The summed E-state index contributed by atoms with van der Waals surface area (Å²) in [6, 6.07) is 21.6. The van der Waals surface area contributed by atoms with Crippen LogP contribution in [-0.4, -0.2) is 25.7 Å². The summed E-state index contributed by atoms with van der Waals surface area (Å²) in [6.07, 6.45) is 0. The zero-order valence-corrected chi connectivity index (χ0v) is 17.6. The molecular formula is C22H20N2O3S2. The molecule has 29 heavy (non-hydrogen) atoms. The molecule has 1 aliphatic heterocycles. The highest BCUT2D eigenvalue weighted by Crippen LogP contribution is 2.47. The fourth-order valence-electron chi connectivity index (χ4n) is 3.25. The zero-order valence-electron chi connectivity index (χ0n) is 16.0. The summed E-state index contributed by atoms with van der Waals surface area (Å²) in [5.74, 6) is 0.727. The molecule has 3 aromatic carbocycles. The Morgan fingerprint density at radius 3 is 2.28 bits per heavy atom. The number of hydrogen-bond acceptors (Lipinski definition) is 5. The third-order valence-corrected chi connectivity index (χ3v) is 7.95. The lowest BCUT2D eigenvalue weighted by Crippen LogP contribution is -2.33. The van der Waals surface area contributed by atoms with Crippen LogP contribution in [0.25, 0.3) is 0 Å². The first kappa shape index (κ1) is 19.5. The minimum absolute atomic E-state index is 0.00723. The summed E-state index contributed by atoms with van der Waals surface area (Å²) in [5.41, 5.74) is 2.43. The van der Waals surface area contributed by atoms with Crippen LogP contribution in [0.3, 0.4) is 0 Å². The Labute approximate surface area is 174 Å². The topological polar surface area (TPSA) is 70.5 Å². The molecule has 4 rings (SSSR count). The number of hydrogen-bond donors (Lipinski definition) is 1. The Morgan fingerprint density at radius 2 is 1.62 bits per heavy atom. The Hall–Kier alpha value is -2.77. The Bertz CT molecular complexity index is 1160. The summed E-state index contributed by atoms with van der Waals surface area (Å²) in [7, 11) is -2.29. The molecule has 0 aromatic heterocycles. The van der Waals surface area contributed by atoms with Gasteiger partial charge in [0.2, 0.25) is 0 Å². The minimum atomic E-state index is -3.89. The second kappa shape index (κ2) is 7.57. The van der Waals surface area contributed by atoms with Gasteiger partial charge in [-0.3, -0.25) is 5.41 Å². The number of methoxy groups -OCH3 is 1. The lowest BCUT2D eigenvalue weighted by molar-refractivity contribution is 0.414. The van der Waals surface area contributed by atoms with Crippen molar-refractivity contribution in [3.8, 4) is 5.75 Å². The van der Waals surface area contributed by atoms with Crippen molar-refractivity contribution in [1.29, 1.82) is 5.41 Å². The number of aryl methyl sites for hydroxylation is 1. The molecular weight excluding hydrogens is 404 g/mol. The van der Waals surface area contributed by atoms with Crippen LogP contribution in [-0.2, 0) is 10.0 Å². The Morgan fingerprint density at radius 1 is 0.966 bits per heavy atom. The zero-order chi connectivity index (χ0) is 20.6. The summed E-state index contributed by atoms with van der Waals surface area (Å²) in [5, 5.41) is 8.05. The molecule has 7 heteroatoms. The lowest BCUT2D eigenvalue weighted by atomic mass is 10.1. The van der Waals surface area contributed by atoms with Crippen molar-refractivity contribution in [2.75, 3.05) is 7.11 Å².